The minimum Gasteiger partial charge on any atom is -0.324 e. The van der Waals surface area contributed by atoms with E-state index in [-0.39, 0.29) is 24.2 Å². The summed E-state index contributed by atoms with van der Waals surface area (Å²) in [7, 11) is 0. The van der Waals surface area contributed by atoms with Gasteiger partial charge in [0.2, 0.25) is 5.91 Å². The first kappa shape index (κ1) is 15.9. The van der Waals surface area contributed by atoms with E-state index >= 15 is 0 Å². The van der Waals surface area contributed by atoms with Crippen LogP contribution in [0.15, 0.2) is 29.1 Å². The summed E-state index contributed by atoms with van der Waals surface area (Å²) in [5.74, 6) is -0.344. The summed E-state index contributed by atoms with van der Waals surface area (Å²) in [6, 6.07) is 9.17. The van der Waals surface area contributed by atoms with E-state index in [2.05, 4.69) is 21.8 Å². The molecule has 0 unspecified atom stereocenters. The summed E-state index contributed by atoms with van der Waals surface area (Å²) < 4.78 is 2.47. The minimum absolute atomic E-state index is 0.0991. The van der Waals surface area contributed by atoms with Crippen molar-refractivity contribution in [1.29, 1.82) is 5.26 Å². The molecule has 1 amide bonds. The second-order valence-corrected chi connectivity index (χ2v) is 5.88. The molecule has 8 nitrogen and oxygen atoms in total. The number of amides is 1. The van der Waals surface area contributed by atoms with E-state index in [4.69, 9.17) is 5.26 Å². The molecule has 0 aliphatic heterocycles. The van der Waals surface area contributed by atoms with Crippen molar-refractivity contribution < 1.29 is 4.79 Å². The van der Waals surface area contributed by atoms with Crippen LogP contribution in [0.3, 0.4) is 0 Å². The van der Waals surface area contributed by atoms with E-state index in [0.717, 1.165) is 35.9 Å². The Kier molecular flexibility index (Phi) is 4.70. The van der Waals surface area contributed by atoms with E-state index in [9.17, 15) is 9.59 Å². The van der Waals surface area contributed by atoms with E-state index in [0.29, 0.717) is 12.1 Å². The Morgan fingerprint density at radius 2 is 1.96 bits per heavy atom. The van der Waals surface area contributed by atoms with Crippen LogP contribution in [-0.2, 0) is 17.8 Å². The zero-order valence-electron chi connectivity index (χ0n) is 13.2. The Morgan fingerprint density at radius 1 is 1.25 bits per heavy atom. The van der Waals surface area contributed by atoms with Gasteiger partial charge in [-0.2, -0.15) is 14.6 Å². The Hall–Kier alpha value is -2.95. The molecule has 3 rings (SSSR count). The Morgan fingerprint density at radius 3 is 2.62 bits per heavy atom. The van der Waals surface area contributed by atoms with E-state index in [1.807, 2.05) is 0 Å². The van der Waals surface area contributed by atoms with Gasteiger partial charge in [0.25, 0.3) is 0 Å². The molecule has 8 heteroatoms. The molecule has 1 aliphatic carbocycles. The van der Waals surface area contributed by atoms with Crippen LogP contribution < -0.4 is 11.0 Å². The zero-order chi connectivity index (χ0) is 16.9. The number of hydrogen-bond donors (Lipinski definition) is 1. The maximum atomic E-state index is 12.3. The van der Waals surface area contributed by atoms with E-state index in [1.165, 1.54) is 4.68 Å². The van der Waals surface area contributed by atoms with Gasteiger partial charge in [-0.25, -0.2) is 4.79 Å². The van der Waals surface area contributed by atoms with Crippen LogP contribution in [0.1, 0.15) is 37.3 Å². The molecule has 124 valence electrons. The van der Waals surface area contributed by atoms with Crippen molar-refractivity contribution in [2.45, 2.75) is 44.7 Å². The molecule has 2 aromatic rings. The summed E-state index contributed by atoms with van der Waals surface area (Å²) in [4.78, 5) is 24.3. The van der Waals surface area contributed by atoms with Crippen LogP contribution in [0, 0.1) is 11.3 Å². The summed E-state index contributed by atoms with van der Waals surface area (Å²) in [6.45, 7) is -0.175. The molecule has 0 bridgehead atoms. The lowest BCUT2D eigenvalue weighted by atomic mass is 10.1. The fourth-order valence-electron chi connectivity index (χ4n) is 2.90. The zero-order valence-corrected chi connectivity index (χ0v) is 13.2. The van der Waals surface area contributed by atoms with Crippen LogP contribution in [0.2, 0.25) is 0 Å². The van der Waals surface area contributed by atoms with Crippen LogP contribution in [0.4, 0.5) is 5.69 Å². The maximum Gasteiger partial charge on any atom is 0.364 e. The molecule has 1 saturated carbocycles. The van der Waals surface area contributed by atoms with Gasteiger partial charge in [0.1, 0.15) is 6.54 Å². The third-order valence-electron chi connectivity index (χ3n) is 4.15. The van der Waals surface area contributed by atoms with Crippen molar-refractivity contribution in [3.63, 3.8) is 0 Å². The number of anilines is 1. The van der Waals surface area contributed by atoms with Crippen molar-refractivity contribution in [3.8, 4) is 6.07 Å². The van der Waals surface area contributed by atoms with Crippen molar-refractivity contribution >= 4 is 11.6 Å². The van der Waals surface area contributed by atoms with Gasteiger partial charge in [-0.1, -0.05) is 25.0 Å². The number of tetrazole rings is 1. The molecule has 1 heterocycles. The summed E-state index contributed by atoms with van der Waals surface area (Å²) in [6.07, 6.45) is 4.37. The molecule has 1 aliphatic rings. The Bertz CT molecular complexity index is 808. The number of rotatable bonds is 5. The number of benzene rings is 1. The molecule has 1 N–H and O–H groups in total. The lowest BCUT2D eigenvalue weighted by Gasteiger charge is -2.06. The molecular weight excluding hydrogens is 308 g/mol. The van der Waals surface area contributed by atoms with Gasteiger partial charge < -0.3 is 5.32 Å². The van der Waals surface area contributed by atoms with Crippen molar-refractivity contribution in [1.82, 2.24) is 19.8 Å². The highest BCUT2D eigenvalue weighted by Crippen LogP contribution is 2.27. The van der Waals surface area contributed by atoms with Gasteiger partial charge in [0.05, 0.1) is 18.5 Å². The molecule has 0 radical (unpaired) electrons. The lowest BCUT2D eigenvalue weighted by Crippen LogP contribution is -2.31. The monoisotopic (exact) mass is 326 g/mol. The van der Waals surface area contributed by atoms with Crippen LogP contribution in [-0.4, -0.2) is 25.7 Å². The second kappa shape index (κ2) is 7.08. The third-order valence-corrected chi connectivity index (χ3v) is 4.15. The van der Waals surface area contributed by atoms with Crippen molar-refractivity contribution in [2.24, 2.45) is 0 Å². The van der Waals surface area contributed by atoms with Gasteiger partial charge >= 0.3 is 5.69 Å². The van der Waals surface area contributed by atoms with Gasteiger partial charge in [0, 0.05) is 5.69 Å². The minimum atomic E-state index is -0.346. The summed E-state index contributed by atoms with van der Waals surface area (Å²) in [5.41, 5.74) is 1.14. The average Bonchev–Trinajstić information content (AvgIpc) is 3.20. The molecule has 1 aromatic heterocycles. The van der Waals surface area contributed by atoms with Crippen LogP contribution in [0.5, 0.6) is 0 Å². The number of nitrogens with one attached hydrogen (secondary N) is 1. The summed E-state index contributed by atoms with van der Waals surface area (Å²) in [5, 5.41) is 19.0. The number of carbonyl (C=O) groups is 1. The highest BCUT2D eigenvalue weighted by molar-refractivity contribution is 5.90. The van der Waals surface area contributed by atoms with E-state index in [1.54, 1.807) is 24.3 Å². The van der Waals surface area contributed by atoms with Crippen molar-refractivity contribution in [2.75, 3.05) is 5.32 Å². The third kappa shape index (κ3) is 3.51. The fourth-order valence-corrected chi connectivity index (χ4v) is 2.90. The number of aromatic nitrogens is 4. The van der Waals surface area contributed by atoms with Crippen molar-refractivity contribution in [3.05, 3.63) is 40.3 Å². The smallest absolute Gasteiger partial charge is 0.324 e. The molecular formula is C16H18N6O2. The lowest BCUT2D eigenvalue weighted by molar-refractivity contribution is -0.117. The average molecular weight is 326 g/mol. The Labute approximate surface area is 138 Å². The van der Waals surface area contributed by atoms with Crippen LogP contribution >= 0.6 is 0 Å². The molecule has 24 heavy (non-hydrogen) atoms. The van der Waals surface area contributed by atoms with Gasteiger partial charge in [-0.05, 0) is 41.0 Å². The molecule has 1 aromatic carbocycles. The Balaban J connectivity index is 1.62. The standard InChI is InChI=1S/C16H18N6O2/c17-10-9-12-5-7-13(8-6-12)18-15(23)11-21-16(24)22(20-19-21)14-3-1-2-4-14/h5-8,14H,1-4,9,11H2,(H,18,23). The maximum absolute atomic E-state index is 12.3. The van der Waals surface area contributed by atoms with Gasteiger partial charge in [-0.15, -0.1) is 0 Å². The molecule has 0 spiro atoms. The first-order chi connectivity index (χ1) is 11.7. The largest absolute Gasteiger partial charge is 0.364 e. The number of hydrogen-bond acceptors (Lipinski definition) is 5. The van der Waals surface area contributed by atoms with Crippen LogP contribution in [0.25, 0.3) is 0 Å². The number of carbonyl (C=O) groups excluding carboxylic acids is 1. The normalized spacial score (nSPS) is 14.5. The highest BCUT2D eigenvalue weighted by Gasteiger charge is 2.22. The fraction of sp³-hybridized carbons (Fsp3) is 0.438. The molecule has 0 atom stereocenters. The highest BCUT2D eigenvalue weighted by atomic mass is 16.2. The predicted octanol–water partition coefficient (Wildman–Crippen LogP) is 1.26. The number of nitrogens with zero attached hydrogens (tertiary/aromatic N) is 5. The molecule has 0 saturated heterocycles. The molecule has 1 fully saturated rings. The van der Waals surface area contributed by atoms with Gasteiger partial charge in [-0.3, -0.25) is 4.79 Å². The predicted molar refractivity (Wildman–Crippen MR) is 86.2 cm³/mol. The van der Waals surface area contributed by atoms with Gasteiger partial charge in [0.15, 0.2) is 0 Å². The number of nitriles is 1. The second-order valence-electron chi connectivity index (χ2n) is 5.88. The first-order valence-electron chi connectivity index (χ1n) is 7.95. The summed E-state index contributed by atoms with van der Waals surface area (Å²) >= 11 is 0. The topological polar surface area (TPSA) is 106 Å². The SMILES string of the molecule is N#CCc1ccc(NC(=O)Cn2nnn(C3CCCC3)c2=O)cc1. The quantitative estimate of drug-likeness (QED) is 0.890. The first-order valence-corrected chi connectivity index (χ1v) is 7.95. The van der Waals surface area contributed by atoms with E-state index < -0.39 is 0 Å².